The number of methoxy groups -OCH3 is 1. The van der Waals surface area contributed by atoms with Crippen molar-refractivity contribution in [2.24, 2.45) is 5.92 Å². The van der Waals surface area contributed by atoms with Crippen LogP contribution in [0.5, 0.6) is 5.75 Å². The van der Waals surface area contributed by atoms with Crippen LogP contribution in [-0.4, -0.2) is 66.9 Å². The molecule has 2 aliphatic heterocycles. The first-order chi connectivity index (χ1) is 18.0. The number of carbonyl (C=O) groups excluding carboxylic acids is 1. The second kappa shape index (κ2) is 13.3. The van der Waals surface area contributed by atoms with Crippen molar-refractivity contribution < 1.29 is 14.3 Å². The van der Waals surface area contributed by atoms with Gasteiger partial charge in [-0.05, 0) is 69.8 Å². The van der Waals surface area contributed by atoms with E-state index in [1.165, 1.54) is 36.9 Å². The number of nitrogens with zero attached hydrogens (tertiary/aromatic N) is 4. The number of halogens is 1. The molecule has 0 bridgehead atoms. The highest BCUT2D eigenvalue weighted by Crippen LogP contribution is 2.31. The van der Waals surface area contributed by atoms with Crippen molar-refractivity contribution in [1.29, 1.82) is 0 Å². The van der Waals surface area contributed by atoms with Crippen molar-refractivity contribution in [1.82, 2.24) is 14.5 Å². The molecular formula is C28H39ClN4O4. The van der Waals surface area contributed by atoms with E-state index in [0.29, 0.717) is 35.3 Å². The van der Waals surface area contributed by atoms with Gasteiger partial charge in [0.25, 0.3) is 5.56 Å². The van der Waals surface area contributed by atoms with Gasteiger partial charge < -0.3 is 19.3 Å². The highest BCUT2D eigenvalue weighted by atomic mass is 35.5. The summed E-state index contributed by atoms with van der Waals surface area (Å²) < 4.78 is 12.2. The molecule has 202 valence electrons. The van der Waals surface area contributed by atoms with E-state index in [0.717, 1.165) is 45.3 Å². The van der Waals surface area contributed by atoms with Crippen molar-refractivity contribution in [2.75, 3.05) is 51.3 Å². The summed E-state index contributed by atoms with van der Waals surface area (Å²) in [7, 11) is 1.58. The largest absolute Gasteiger partial charge is 0.497 e. The monoisotopic (exact) mass is 530 g/mol. The summed E-state index contributed by atoms with van der Waals surface area (Å²) >= 11 is 6.73. The second-order valence-electron chi connectivity index (χ2n) is 10.1. The van der Waals surface area contributed by atoms with E-state index in [9.17, 15) is 9.59 Å². The standard InChI is InChI=1S/C28H39ClN4O4/c1-3-4-17-37-24(34)20-33-25(22-9-8-10-23(18-22)36-2)26(29)30-27(28(33)35)32-16-12-21(19-32)11-15-31-13-6-5-7-14-31/h8-10,18,21H,3-7,11-17,19-20H2,1-2H3. The van der Waals surface area contributed by atoms with E-state index in [-0.39, 0.29) is 17.3 Å². The lowest BCUT2D eigenvalue weighted by atomic mass is 10.0. The van der Waals surface area contributed by atoms with Crippen molar-refractivity contribution >= 4 is 23.4 Å². The zero-order valence-corrected chi connectivity index (χ0v) is 22.8. The molecule has 9 heteroatoms. The van der Waals surface area contributed by atoms with Crippen LogP contribution in [0.4, 0.5) is 5.82 Å². The SMILES string of the molecule is CCCCOC(=O)Cn1c(-c2cccc(OC)c2)c(Cl)nc(N2CCC(CCN3CCCCC3)C2)c1=O. The Morgan fingerprint density at radius 1 is 1.19 bits per heavy atom. The lowest BCUT2D eigenvalue weighted by Crippen LogP contribution is -2.35. The summed E-state index contributed by atoms with van der Waals surface area (Å²) in [4.78, 5) is 35.6. The zero-order chi connectivity index (χ0) is 26.2. The van der Waals surface area contributed by atoms with Gasteiger partial charge in [0, 0.05) is 18.7 Å². The average Bonchev–Trinajstić information content (AvgIpc) is 3.39. The third-order valence-electron chi connectivity index (χ3n) is 7.38. The molecule has 0 aliphatic carbocycles. The second-order valence-corrected chi connectivity index (χ2v) is 10.4. The van der Waals surface area contributed by atoms with Crippen LogP contribution in [-0.2, 0) is 16.1 Å². The number of piperidine rings is 1. The summed E-state index contributed by atoms with van der Waals surface area (Å²) in [5.41, 5.74) is 0.719. The molecule has 8 nitrogen and oxygen atoms in total. The van der Waals surface area contributed by atoms with Crippen LogP contribution in [0.1, 0.15) is 51.9 Å². The minimum absolute atomic E-state index is 0.181. The molecule has 2 aliphatic rings. The van der Waals surface area contributed by atoms with Gasteiger partial charge in [-0.1, -0.05) is 43.5 Å². The Balaban J connectivity index is 1.58. The molecule has 0 saturated carbocycles. The first kappa shape index (κ1) is 27.5. The molecule has 2 saturated heterocycles. The Kier molecular flexibility index (Phi) is 9.86. The van der Waals surface area contributed by atoms with Crippen LogP contribution < -0.4 is 15.2 Å². The zero-order valence-electron chi connectivity index (χ0n) is 22.1. The number of ether oxygens (including phenoxy) is 2. The molecule has 3 heterocycles. The number of esters is 1. The van der Waals surface area contributed by atoms with Crippen LogP contribution in [0.15, 0.2) is 29.1 Å². The number of unbranched alkanes of at least 4 members (excludes halogenated alkanes) is 1. The van der Waals surface area contributed by atoms with Crippen LogP contribution >= 0.6 is 11.6 Å². The molecule has 0 spiro atoms. The average molecular weight is 531 g/mol. The van der Waals surface area contributed by atoms with Crippen molar-refractivity contribution in [3.63, 3.8) is 0 Å². The number of likely N-dealkylation sites (tertiary alicyclic amines) is 1. The molecule has 2 fully saturated rings. The van der Waals surface area contributed by atoms with Crippen LogP contribution in [0.25, 0.3) is 11.3 Å². The smallest absolute Gasteiger partial charge is 0.326 e. The Morgan fingerprint density at radius 3 is 2.76 bits per heavy atom. The van der Waals surface area contributed by atoms with Gasteiger partial charge in [0.1, 0.15) is 12.3 Å². The predicted octanol–water partition coefficient (Wildman–Crippen LogP) is 4.62. The highest BCUT2D eigenvalue weighted by molar-refractivity contribution is 6.32. The summed E-state index contributed by atoms with van der Waals surface area (Å²) in [6, 6.07) is 7.25. The summed E-state index contributed by atoms with van der Waals surface area (Å²) in [5, 5.41) is 0.181. The molecule has 1 aromatic heterocycles. The molecule has 1 atom stereocenters. The minimum Gasteiger partial charge on any atom is -0.497 e. The maximum atomic E-state index is 13.8. The minimum atomic E-state index is -0.464. The topological polar surface area (TPSA) is 76.9 Å². The van der Waals surface area contributed by atoms with Gasteiger partial charge >= 0.3 is 5.97 Å². The maximum absolute atomic E-state index is 13.8. The molecule has 1 unspecified atom stereocenters. The van der Waals surface area contributed by atoms with Crippen molar-refractivity contribution in [2.45, 2.75) is 58.4 Å². The molecule has 4 rings (SSSR count). The maximum Gasteiger partial charge on any atom is 0.326 e. The van der Waals surface area contributed by atoms with Gasteiger partial charge in [-0.2, -0.15) is 0 Å². The molecule has 0 amide bonds. The fourth-order valence-corrected chi connectivity index (χ4v) is 5.53. The fourth-order valence-electron chi connectivity index (χ4n) is 5.24. The van der Waals surface area contributed by atoms with Gasteiger partial charge in [0.15, 0.2) is 11.0 Å². The highest BCUT2D eigenvalue weighted by Gasteiger charge is 2.29. The van der Waals surface area contributed by atoms with Gasteiger partial charge in [-0.3, -0.25) is 14.2 Å². The number of aromatic nitrogens is 2. The first-order valence-corrected chi connectivity index (χ1v) is 14.0. The molecular weight excluding hydrogens is 492 g/mol. The third-order valence-corrected chi connectivity index (χ3v) is 7.65. The Bertz CT molecular complexity index is 1120. The molecule has 2 aromatic rings. The van der Waals surface area contributed by atoms with Crippen LogP contribution in [0, 0.1) is 5.92 Å². The van der Waals surface area contributed by atoms with E-state index in [2.05, 4.69) is 9.88 Å². The molecule has 0 radical (unpaired) electrons. The van der Waals surface area contributed by atoms with Crippen LogP contribution in [0.3, 0.4) is 0 Å². The molecule has 0 N–H and O–H groups in total. The summed E-state index contributed by atoms with van der Waals surface area (Å²) in [5.74, 6) is 0.970. The van der Waals surface area contributed by atoms with E-state index in [1.807, 2.05) is 30.0 Å². The number of hydrogen-bond acceptors (Lipinski definition) is 7. The Morgan fingerprint density at radius 2 is 2.00 bits per heavy atom. The van der Waals surface area contributed by atoms with Gasteiger partial charge in [-0.25, -0.2) is 4.98 Å². The molecule has 37 heavy (non-hydrogen) atoms. The first-order valence-electron chi connectivity index (χ1n) is 13.6. The van der Waals surface area contributed by atoms with E-state index < -0.39 is 5.97 Å². The fraction of sp³-hybridized carbons (Fsp3) is 0.607. The summed E-state index contributed by atoms with van der Waals surface area (Å²) in [6.45, 7) is 7.15. The van der Waals surface area contributed by atoms with E-state index >= 15 is 0 Å². The lowest BCUT2D eigenvalue weighted by molar-refractivity contribution is -0.144. The van der Waals surface area contributed by atoms with Crippen molar-refractivity contribution in [3.8, 4) is 17.0 Å². The van der Waals surface area contributed by atoms with Crippen LogP contribution in [0.2, 0.25) is 5.15 Å². The number of hydrogen-bond donors (Lipinski definition) is 0. The number of rotatable bonds is 11. The quantitative estimate of drug-likeness (QED) is 0.310. The van der Waals surface area contributed by atoms with E-state index in [1.54, 1.807) is 13.2 Å². The number of anilines is 1. The normalized spacial score (nSPS) is 18.2. The van der Waals surface area contributed by atoms with Gasteiger partial charge in [0.05, 0.1) is 19.4 Å². The predicted molar refractivity (Wildman–Crippen MR) is 147 cm³/mol. The number of benzene rings is 1. The Hall–Kier alpha value is -2.58. The lowest BCUT2D eigenvalue weighted by Gasteiger charge is -2.27. The summed E-state index contributed by atoms with van der Waals surface area (Å²) in [6.07, 6.45) is 7.75. The Labute approximate surface area is 224 Å². The van der Waals surface area contributed by atoms with Crippen molar-refractivity contribution in [3.05, 3.63) is 39.8 Å². The molecule has 1 aromatic carbocycles. The van der Waals surface area contributed by atoms with E-state index in [4.69, 9.17) is 21.1 Å². The van der Waals surface area contributed by atoms with Gasteiger partial charge in [0.2, 0.25) is 0 Å². The number of carbonyl (C=O) groups is 1. The third kappa shape index (κ3) is 7.05. The van der Waals surface area contributed by atoms with Gasteiger partial charge in [-0.15, -0.1) is 0 Å².